The predicted octanol–water partition coefficient (Wildman–Crippen LogP) is 3.77. The SMILES string of the molecule is CCNC(=NCc1ccccc1OCC1CC1)NC1CCN(C(=O)OCC)CC1.I. The first-order chi connectivity index (χ1) is 14.2. The average Bonchev–Trinajstić information content (AvgIpc) is 3.56. The highest BCUT2D eigenvalue weighted by molar-refractivity contribution is 14.0. The Bertz CT molecular complexity index is 689. The van der Waals surface area contributed by atoms with E-state index >= 15 is 0 Å². The van der Waals surface area contributed by atoms with Crippen LogP contribution < -0.4 is 15.4 Å². The van der Waals surface area contributed by atoms with Gasteiger partial charge in [0.25, 0.3) is 0 Å². The summed E-state index contributed by atoms with van der Waals surface area (Å²) in [6, 6.07) is 8.43. The molecule has 1 heterocycles. The van der Waals surface area contributed by atoms with Crippen molar-refractivity contribution >= 4 is 36.0 Å². The van der Waals surface area contributed by atoms with E-state index in [1.54, 1.807) is 4.90 Å². The zero-order valence-electron chi connectivity index (χ0n) is 18.1. The Kier molecular flexibility index (Phi) is 10.5. The van der Waals surface area contributed by atoms with Crippen LogP contribution in [0.15, 0.2) is 29.3 Å². The molecule has 7 nitrogen and oxygen atoms in total. The maximum atomic E-state index is 11.9. The summed E-state index contributed by atoms with van der Waals surface area (Å²) in [5.74, 6) is 2.46. The van der Waals surface area contributed by atoms with E-state index in [9.17, 15) is 4.79 Å². The van der Waals surface area contributed by atoms with E-state index < -0.39 is 0 Å². The minimum absolute atomic E-state index is 0. The second-order valence-corrected chi connectivity index (χ2v) is 7.66. The van der Waals surface area contributed by atoms with E-state index in [0.717, 1.165) is 49.2 Å². The Balaban J connectivity index is 0.00000320. The number of hydrogen-bond acceptors (Lipinski definition) is 4. The van der Waals surface area contributed by atoms with Gasteiger partial charge in [0.15, 0.2) is 5.96 Å². The predicted molar refractivity (Wildman–Crippen MR) is 130 cm³/mol. The number of hydrogen-bond donors (Lipinski definition) is 2. The molecule has 0 bridgehead atoms. The van der Waals surface area contributed by atoms with E-state index in [-0.39, 0.29) is 30.1 Å². The topological polar surface area (TPSA) is 75.2 Å². The summed E-state index contributed by atoms with van der Waals surface area (Å²) in [6.45, 7) is 7.89. The van der Waals surface area contributed by atoms with Crippen molar-refractivity contribution in [2.45, 2.75) is 52.1 Å². The Morgan fingerprint density at radius 3 is 2.57 bits per heavy atom. The van der Waals surface area contributed by atoms with Gasteiger partial charge in [-0.1, -0.05) is 18.2 Å². The van der Waals surface area contributed by atoms with Crippen molar-refractivity contribution in [2.75, 3.05) is 32.8 Å². The number of halogens is 1. The smallest absolute Gasteiger partial charge is 0.409 e. The van der Waals surface area contributed by atoms with Gasteiger partial charge in [0, 0.05) is 31.2 Å². The number of likely N-dealkylation sites (tertiary alicyclic amines) is 1. The maximum Gasteiger partial charge on any atom is 0.409 e. The Labute approximate surface area is 197 Å². The third-order valence-electron chi connectivity index (χ3n) is 5.26. The van der Waals surface area contributed by atoms with Gasteiger partial charge >= 0.3 is 6.09 Å². The number of nitrogens with zero attached hydrogens (tertiary/aromatic N) is 2. The molecular weight excluding hydrogens is 495 g/mol. The molecular formula is C22H35IN4O3. The summed E-state index contributed by atoms with van der Waals surface area (Å²) in [4.78, 5) is 18.4. The van der Waals surface area contributed by atoms with Crippen LogP contribution in [0.4, 0.5) is 4.79 Å². The van der Waals surface area contributed by atoms with E-state index in [1.807, 2.05) is 25.1 Å². The lowest BCUT2D eigenvalue weighted by atomic mass is 10.1. The minimum atomic E-state index is -0.214. The molecule has 2 fully saturated rings. The van der Waals surface area contributed by atoms with Crippen LogP contribution in [-0.4, -0.2) is 55.8 Å². The summed E-state index contributed by atoms with van der Waals surface area (Å²) in [5.41, 5.74) is 1.10. The summed E-state index contributed by atoms with van der Waals surface area (Å²) < 4.78 is 11.1. The molecule has 30 heavy (non-hydrogen) atoms. The molecule has 0 radical (unpaired) electrons. The van der Waals surface area contributed by atoms with E-state index in [2.05, 4.69) is 23.6 Å². The number of piperidine rings is 1. The zero-order valence-corrected chi connectivity index (χ0v) is 20.4. The van der Waals surface area contributed by atoms with Crippen LogP contribution in [0.5, 0.6) is 5.75 Å². The van der Waals surface area contributed by atoms with Gasteiger partial charge in [0.05, 0.1) is 19.8 Å². The Morgan fingerprint density at radius 2 is 1.90 bits per heavy atom. The number of ether oxygens (including phenoxy) is 2. The zero-order chi connectivity index (χ0) is 20.5. The second-order valence-electron chi connectivity index (χ2n) is 7.66. The molecule has 1 aliphatic heterocycles. The van der Waals surface area contributed by atoms with Crippen molar-refractivity contribution in [3.05, 3.63) is 29.8 Å². The first-order valence-electron chi connectivity index (χ1n) is 10.9. The van der Waals surface area contributed by atoms with Crippen molar-refractivity contribution in [3.8, 4) is 5.75 Å². The van der Waals surface area contributed by atoms with E-state index in [1.165, 1.54) is 12.8 Å². The number of benzene rings is 1. The number of rotatable bonds is 8. The number of nitrogens with one attached hydrogen (secondary N) is 2. The van der Waals surface area contributed by atoms with Gasteiger partial charge < -0.3 is 25.0 Å². The van der Waals surface area contributed by atoms with Crippen LogP contribution in [0.2, 0.25) is 0 Å². The summed E-state index contributed by atoms with van der Waals surface area (Å²) >= 11 is 0. The second kappa shape index (κ2) is 12.9. The van der Waals surface area contributed by atoms with Crippen LogP contribution in [0.1, 0.15) is 45.1 Å². The molecule has 1 saturated carbocycles. The van der Waals surface area contributed by atoms with Crippen molar-refractivity contribution in [1.82, 2.24) is 15.5 Å². The van der Waals surface area contributed by atoms with Gasteiger partial charge in [0.2, 0.25) is 0 Å². The number of carbonyl (C=O) groups is 1. The average molecular weight is 530 g/mol. The fourth-order valence-electron chi connectivity index (χ4n) is 3.37. The molecule has 2 N–H and O–H groups in total. The van der Waals surface area contributed by atoms with Gasteiger partial charge in [0.1, 0.15) is 5.75 Å². The number of amides is 1. The van der Waals surface area contributed by atoms with E-state index in [4.69, 9.17) is 14.5 Å². The van der Waals surface area contributed by atoms with Crippen LogP contribution >= 0.6 is 24.0 Å². The van der Waals surface area contributed by atoms with Gasteiger partial charge in [-0.2, -0.15) is 0 Å². The summed E-state index contributed by atoms with van der Waals surface area (Å²) in [5, 5.41) is 6.84. The van der Waals surface area contributed by atoms with Gasteiger partial charge in [-0.3, -0.25) is 0 Å². The highest BCUT2D eigenvalue weighted by Crippen LogP contribution is 2.30. The molecule has 0 aromatic heterocycles. The third kappa shape index (κ3) is 7.85. The summed E-state index contributed by atoms with van der Waals surface area (Å²) in [7, 11) is 0. The van der Waals surface area contributed by atoms with E-state index in [0.29, 0.717) is 32.3 Å². The largest absolute Gasteiger partial charge is 0.493 e. The van der Waals surface area contributed by atoms with Crippen LogP contribution in [-0.2, 0) is 11.3 Å². The fraction of sp³-hybridized carbons (Fsp3) is 0.636. The lowest BCUT2D eigenvalue weighted by Gasteiger charge is -2.32. The van der Waals surface area contributed by atoms with Crippen LogP contribution in [0.25, 0.3) is 0 Å². The minimum Gasteiger partial charge on any atom is -0.493 e. The summed E-state index contributed by atoms with van der Waals surface area (Å²) in [6.07, 6.45) is 4.11. The van der Waals surface area contributed by atoms with Crippen molar-refractivity contribution in [3.63, 3.8) is 0 Å². The molecule has 1 aromatic rings. The normalized spacial score (nSPS) is 17.1. The first-order valence-corrected chi connectivity index (χ1v) is 10.9. The number of aliphatic imine (C=N–C) groups is 1. The molecule has 8 heteroatoms. The lowest BCUT2D eigenvalue weighted by molar-refractivity contribution is 0.0963. The highest BCUT2D eigenvalue weighted by Gasteiger charge is 2.24. The van der Waals surface area contributed by atoms with Crippen LogP contribution in [0, 0.1) is 5.92 Å². The standard InChI is InChI=1S/C22H34N4O3.HI/c1-3-23-21(25-19-11-13-26(14-12-19)22(27)28-4-2)24-15-18-7-5-6-8-20(18)29-16-17-9-10-17;/h5-8,17,19H,3-4,9-16H2,1-2H3,(H2,23,24,25);1H. The molecule has 2 aliphatic rings. The third-order valence-corrected chi connectivity index (χ3v) is 5.26. The number of carbonyl (C=O) groups excluding carboxylic acids is 1. The number of guanidine groups is 1. The van der Waals surface area contributed by atoms with Gasteiger partial charge in [-0.15, -0.1) is 24.0 Å². The molecule has 1 aliphatic carbocycles. The Hall–Kier alpha value is -1.71. The molecule has 3 rings (SSSR count). The molecule has 0 spiro atoms. The molecule has 1 aromatic carbocycles. The lowest BCUT2D eigenvalue weighted by Crippen LogP contribution is -2.49. The van der Waals surface area contributed by atoms with Gasteiger partial charge in [-0.05, 0) is 51.5 Å². The van der Waals surface area contributed by atoms with Crippen LogP contribution in [0.3, 0.4) is 0 Å². The molecule has 1 amide bonds. The van der Waals surface area contributed by atoms with Crippen molar-refractivity contribution in [2.24, 2.45) is 10.9 Å². The molecule has 0 unspecified atom stereocenters. The Morgan fingerprint density at radius 1 is 1.17 bits per heavy atom. The monoisotopic (exact) mass is 530 g/mol. The molecule has 0 atom stereocenters. The highest BCUT2D eigenvalue weighted by atomic mass is 127. The molecule has 168 valence electrons. The van der Waals surface area contributed by atoms with Crippen molar-refractivity contribution in [1.29, 1.82) is 0 Å². The first kappa shape index (κ1) is 24.6. The maximum absolute atomic E-state index is 11.9. The van der Waals surface area contributed by atoms with Crippen molar-refractivity contribution < 1.29 is 14.3 Å². The quantitative estimate of drug-likeness (QED) is 0.304. The number of para-hydroxylation sites is 1. The molecule has 1 saturated heterocycles. The fourth-order valence-corrected chi connectivity index (χ4v) is 3.37. The van der Waals surface area contributed by atoms with Gasteiger partial charge in [-0.25, -0.2) is 9.79 Å².